The SMILES string of the molecule is CCOc1cc(CNCCCN(CC)CC)cc(Cl)c1OCc1ccccc1Cl.Cl.Cl. The van der Waals surface area contributed by atoms with Crippen LogP contribution in [0.5, 0.6) is 11.5 Å². The van der Waals surface area contributed by atoms with Crippen molar-refractivity contribution in [1.82, 2.24) is 10.2 Å². The van der Waals surface area contributed by atoms with E-state index in [1.54, 1.807) is 0 Å². The predicted molar refractivity (Wildman–Crippen MR) is 137 cm³/mol. The Hall–Kier alpha value is -0.880. The highest BCUT2D eigenvalue weighted by Crippen LogP contribution is 2.37. The van der Waals surface area contributed by atoms with Gasteiger partial charge in [-0.25, -0.2) is 0 Å². The first kappa shape index (κ1) is 30.1. The van der Waals surface area contributed by atoms with Gasteiger partial charge in [0.25, 0.3) is 0 Å². The fourth-order valence-electron chi connectivity index (χ4n) is 3.09. The number of hydrogen-bond donors (Lipinski definition) is 1. The van der Waals surface area contributed by atoms with Gasteiger partial charge < -0.3 is 19.7 Å². The van der Waals surface area contributed by atoms with Crippen molar-refractivity contribution in [1.29, 1.82) is 0 Å². The van der Waals surface area contributed by atoms with E-state index >= 15 is 0 Å². The zero-order valence-corrected chi connectivity index (χ0v) is 21.6. The summed E-state index contributed by atoms with van der Waals surface area (Å²) in [4.78, 5) is 2.43. The van der Waals surface area contributed by atoms with E-state index in [0.29, 0.717) is 34.8 Å². The third-order valence-corrected chi connectivity index (χ3v) is 5.40. The fraction of sp³-hybridized carbons (Fsp3) is 0.478. The summed E-state index contributed by atoms with van der Waals surface area (Å²) in [5, 5.41) is 4.71. The Morgan fingerprint density at radius 1 is 0.935 bits per heavy atom. The zero-order chi connectivity index (χ0) is 21.1. The number of nitrogens with one attached hydrogen (secondary N) is 1. The Morgan fingerprint density at radius 2 is 1.65 bits per heavy atom. The molecule has 176 valence electrons. The average Bonchev–Trinajstić information content (AvgIpc) is 2.71. The summed E-state index contributed by atoms with van der Waals surface area (Å²) >= 11 is 12.7. The van der Waals surface area contributed by atoms with Gasteiger partial charge in [-0.2, -0.15) is 0 Å². The van der Waals surface area contributed by atoms with E-state index < -0.39 is 0 Å². The molecule has 0 aliphatic heterocycles. The predicted octanol–water partition coefficient (Wildman–Crippen LogP) is 6.64. The third kappa shape index (κ3) is 10.1. The highest BCUT2D eigenvalue weighted by atomic mass is 35.5. The van der Waals surface area contributed by atoms with Crippen molar-refractivity contribution in [3.8, 4) is 11.5 Å². The number of ether oxygens (including phenoxy) is 2. The Labute approximate surface area is 209 Å². The van der Waals surface area contributed by atoms with Crippen molar-refractivity contribution in [2.24, 2.45) is 0 Å². The third-order valence-electron chi connectivity index (χ3n) is 4.75. The highest BCUT2D eigenvalue weighted by Gasteiger charge is 2.13. The van der Waals surface area contributed by atoms with E-state index in [-0.39, 0.29) is 24.8 Å². The molecule has 0 radical (unpaired) electrons. The topological polar surface area (TPSA) is 33.7 Å². The van der Waals surface area contributed by atoms with Crippen LogP contribution in [0.2, 0.25) is 10.0 Å². The first-order valence-electron chi connectivity index (χ1n) is 10.3. The Morgan fingerprint density at radius 3 is 2.29 bits per heavy atom. The molecule has 0 bridgehead atoms. The second kappa shape index (κ2) is 16.7. The summed E-state index contributed by atoms with van der Waals surface area (Å²) in [7, 11) is 0. The largest absolute Gasteiger partial charge is 0.490 e. The smallest absolute Gasteiger partial charge is 0.180 e. The minimum Gasteiger partial charge on any atom is -0.490 e. The van der Waals surface area contributed by atoms with Gasteiger partial charge in [-0.15, -0.1) is 24.8 Å². The molecular formula is C23H34Cl4N2O2. The van der Waals surface area contributed by atoms with Gasteiger partial charge in [-0.1, -0.05) is 55.2 Å². The van der Waals surface area contributed by atoms with Gasteiger partial charge in [0.15, 0.2) is 11.5 Å². The molecule has 0 heterocycles. The lowest BCUT2D eigenvalue weighted by Gasteiger charge is -2.18. The van der Waals surface area contributed by atoms with Crippen molar-refractivity contribution in [3.63, 3.8) is 0 Å². The lowest BCUT2D eigenvalue weighted by molar-refractivity contribution is 0.269. The van der Waals surface area contributed by atoms with Crippen molar-refractivity contribution < 1.29 is 9.47 Å². The normalized spacial score (nSPS) is 10.4. The van der Waals surface area contributed by atoms with Gasteiger partial charge in [0.1, 0.15) is 6.61 Å². The van der Waals surface area contributed by atoms with Crippen LogP contribution >= 0.6 is 48.0 Å². The molecule has 0 fully saturated rings. The lowest BCUT2D eigenvalue weighted by Crippen LogP contribution is -2.27. The lowest BCUT2D eigenvalue weighted by atomic mass is 10.2. The summed E-state index contributed by atoms with van der Waals surface area (Å²) in [6.07, 6.45) is 1.12. The van der Waals surface area contributed by atoms with Crippen LogP contribution in [0.4, 0.5) is 0 Å². The van der Waals surface area contributed by atoms with Gasteiger partial charge in [0.2, 0.25) is 0 Å². The van der Waals surface area contributed by atoms with E-state index in [1.165, 1.54) is 0 Å². The summed E-state index contributed by atoms with van der Waals surface area (Å²) in [5.74, 6) is 1.21. The molecule has 0 saturated carbocycles. The molecule has 0 aliphatic carbocycles. The molecule has 8 heteroatoms. The Bertz CT molecular complexity index is 758. The minimum atomic E-state index is 0. The second-order valence-electron chi connectivity index (χ2n) is 6.78. The molecule has 0 aliphatic rings. The van der Waals surface area contributed by atoms with Crippen molar-refractivity contribution in [2.75, 3.05) is 32.8 Å². The summed E-state index contributed by atoms with van der Waals surface area (Å²) < 4.78 is 11.8. The minimum absolute atomic E-state index is 0. The fourth-order valence-corrected chi connectivity index (χ4v) is 3.57. The number of benzene rings is 2. The van der Waals surface area contributed by atoms with Gasteiger partial charge in [-0.3, -0.25) is 0 Å². The van der Waals surface area contributed by atoms with Crippen LogP contribution in [-0.4, -0.2) is 37.7 Å². The molecule has 1 N–H and O–H groups in total. The van der Waals surface area contributed by atoms with Crippen LogP contribution in [0.1, 0.15) is 38.3 Å². The molecule has 0 atom stereocenters. The van der Waals surface area contributed by atoms with E-state index in [1.807, 2.05) is 43.3 Å². The van der Waals surface area contributed by atoms with Crippen LogP contribution in [0, 0.1) is 0 Å². The molecule has 2 rings (SSSR count). The molecule has 31 heavy (non-hydrogen) atoms. The average molecular weight is 512 g/mol. The van der Waals surface area contributed by atoms with Crippen LogP contribution in [-0.2, 0) is 13.2 Å². The number of rotatable bonds is 13. The Kier molecular flexibility index (Phi) is 16.2. The summed E-state index contributed by atoms with van der Waals surface area (Å²) in [6.45, 7) is 12.2. The zero-order valence-electron chi connectivity index (χ0n) is 18.5. The number of halogens is 4. The first-order chi connectivity index (χ1) is 14.1. The maximum absolute atomic E-state index is 6.52. The quantitative estimate of drug-likeness (QED) is 0.306. The van der Waals surface area contributed by atoms with Crippen LogP contribution in [0.15, 0.2) is 36.4 Å². The maximum atomic E-state index is 6.52. The molecule has 0 amide bonds. The molecule has 0 saturated heterocycles. The van der Waals surface area contributed by atoms with Crippen LogP contribution in [0.25, 0.3) is 0 Å². The molecular weight excluding hydrogens is 478 g/mol. The monoisotopic (exact) mass is 510 g/mol. The molecule has 0 unspecified atom stereocenters. The van der Waals surface area contributed by atoms with Gasteiger partial charge >= 0.3 is 0 Å². The molecule has 0 spiro atoms. The molecule has 4 nitrogen and oxygen atoms in total. The molecule has 0 aromatic heterocycles. The Balaban J connectivity index is 0.00000450. The van der Waals surface area contributed by atoms with Gasteiger partial charge in [0, 0.05) is 17.1 Å². The van der Waals surface area contributed by atoms with Crippen molar-refractivity contribution in [3.05, 3.63) is 57.6 Å². The van der Waals surface area contributed by atoms with Crippen molar-refractivity contribution >= 4 is 48.0 Å². The standard InChI is InChI=1S/C23H32Cl2N2O2.2ClH/c1-4-27(5-2)13-9-12-26-16-18-14-21(25)23(22(15-18)28-6-3)29-17-19-10-7-8-11-20(19)24;;/h7-8,10-11,14-15,26H,4-6,9,12-13,16-17H2,1-3H3;2*1H. The molecule has 2 aromatic carbocycles. The first-order valence-corrected chi connectivity index (χ1v) is 11.1. The van der Waals surface area contributed by atoms with Crippen LogP contribution < -0.4 is 14.8 Å². The summed E-state index contributed by atoms with van der Waals surface area (Å²) in [5.41, 5.74) is 1.98. The second-order valence-corrected chi connectivity index (χ2v) is 7.59. The number of hydrogen-bond acceptors (Lipinski definition) is 4. The number of nitrogens with zero attached hydrogens (tertiary/aromatic N) is 1. The highest BCUT2D eigenvalue weighted by molar-refractivity contribution is 6.32. The van der Waals surface area contributed by atoms with Gasteiger partial charge in [-0.05, 0) is 63.3 Å². The van der Waals surface area contributed by atoms with E-state index in [2.05, 4.69) is 24.1 Å². The van der Waals surface area contributed by atoms with E-state index in [0.717, 1.165) is 50.3 Å². The van der Waals surface area contributed by atoms with E-state index in [9.17, 15) is 0 Å². The summed E-state index contributed by atoms with van der Waals surface area (Å²) in [6, 6.07) is 11.5. The molecule has 2 aromatic rings. The van der Waals surface area contributed by atoms with Gasteiger partial charge in [0.05, 0.1) is 11.6 Å². The maximum Gasteiger partial charge on any atom is 0.180 e. The van der Waals surface area contributed by atoms with Crippen molar-refractivity contribution in [2.45, 2.75) is 40.3 Å². The van der Waals surface area contributed by atoms with E-state index in [4.69, 9.17) is 32.7 Å². The van der Waals surface area contributed by atoms with Crippen LogP contribution in [0.3, 0.4) is 0 Å².